The van der Waals surface area contributed by atoms with Crippen molar-refractivity contribution in [2.24, 2.45) is 5.73 Å². The van der Waals surface area contributed by atoms with E-state index in [0.717, 1.165) is 0 Å². The Bertz CT molecular complexity index is 274. The van der Waals surface area contributed by atoms with Crippen molar-refractivity contribution in [1.29, 1.82) is 0 Å². The van der Waals surface area contributed by atoms with Gasteiger partial charge in [-0.25, -0.2) is 4.79 Å². The molecule has 0 radical (unpaired) electrons. The number of carbonyl (C=O) groups excluding carboxylic acids is 1. The molecule has 0 aromatic carbocycles. The molecule has 66 valence electrons. The van der Waals surface area contributed by atoms with E-state index in [1.165, 1.54) is 0 Å². The highest BCUT2D eigenvalue weighted by molar-refractivity contribution is 9.10. The molecule has 0 aliphatic rings. The van der Waals surface area contributed by atoms with Gasteiger partial charge in [0.25, 0.3) is 0 Å². The lowest BCUT2D eigenvalue weighted by Gasteiger charge is -1.98. The number of ether oxygens (including phenoxy) is 1. The quantitative estimate of drug-likeness (QED) is 0.736. The van der Waals surface area contributed by atoms with E-state index in [2.05, 4.69) is 26.1 Å². The Morgan fingerprint density at radius 3 is 3.08 bits per heavy atom. The zero-order chi connectivity index (χ0) is 8.97. The molecule has 1 heterocycles. The number of nitrogens with zero attached hydrogens (tertiary/aromatic N) is 1. The Hall–Kier alpha value is -0.880. The lowest BCUT2D eigenvalue weighted by Crippen LogP contribution is -2.13. The molecular formula is C6H8BrN3O2. The second-order valence-electron chi connectivity index (χ2n) is 2.03. The van der Waals surface area contributed by atoms with Gasteiger partial charge in [0.05, 0.1) is 0 Å². The Kier molecular flexibility index (Phi) is 3.24. The Morgan fingerprint density at radius 1 is 1.83 bits per heavy atom. The number of aromatic amines is 1. The lowest BCUT2D eigenvalue weighted by atomic mass is 10.4. The molecule has 6 heteroatoms. The third-order valence-electron chi connectivity index (χ3n) is 1.12. The van der Waals surface area contributed by atoms with Gasteiger partial charge in [0.15, 0.2) is 0 Å². The number of nitrogens with one attached hydrogen (secondary N) is 1. The van der Waals surface area contributed by atoms with Gasteiger partial charge in [0.1, 0.15) is 16.9 Å². The fraction of sp³-hybridized carbons (Fsp3) is 0.333. The van der Waals surface area contributed by atoms with Gasteiger partial charge >= 0.3 is 5.97 Å². The molecule has 0 spiro atoms. The summed E-state index contributed by atoms with van der Waals surface area (Å²) >= 11 is 3.09. The van der Waals surface area contributed by atoms with Crippen molar-refractivity contribution in [1.82, 2.24) is 10.2 Å². The van der Waals surface area contributed by atoms with Crippen molar-refractivity contribution in [2.75, 3.05) is 13.2 Å². The van der Waals surface area contributed by atoms with Crippen molar-refractivity contribution in [3.63, 3.8) is 0 Å². The highest BCUT2D eigenvalue weighted by atomic mass is 79.9. The second kappa shape index (κ2) is 4.22. The number of hydrogen-bond donors (Lipinski definition) is 2. The average molecular weight is 234 g/mol. The van der Waals surface area contributed by atoms with Gasteiger partial charge in [-0.05, 0) is 15.9 Å². The van der Waals surface area contributed by atoms with Gasteiger partial charge in [-0.3, -0.25) is 5.10 Å². The fourth-order valence-electron chi connectivity index (χ4n) is 0.631. The number of rotatable bonds is 3. The number of halogens is 1. The summed E-state index contributed by atoms with van der Waals surface area (Å²) in [5.41, 5.74) is 5.46. The highest BCUT2D eigenvalue weighted by Crippen LogP contribution is 2.07. The number of hydrogen-bond acceptors (Lipinski definition) is 4. The Balaban J connectivity index is 2.53. The predicted molar refractivity (Wildman–Crippen MR) is 45.6 cm³/mol. The van der Waals surface area contributed by atoms with Gasteiger partial charge in [-0.15, -0.1) is 0 Å². The van der Waals surface area contributed by atoms with E-state index in [4.69, 9.17) is 10.5 Å². The van der Waals surface area contributed by atoms with Crippen molar-refractivity contribution >= 4 is 21.9 Å². The fourth-order valence-corrected chi connectivity index (χ4v) is 0.949. The maximum absolute atomic E-state index is 11.0. The summed E-state index contributed by atoms with van der Waals surface area (Å²) in [6, 6.07) is 1.54. The van der Waals surface area contributed by atoms with E-state index in [-0.39, 0.29) is 6.61 Å². The van der Waals surface area contributed by atoms with Crippen molar-refractivity contribution in [3.8, 4) is 0 Å². The van der Waals surface area contributed by atoms with Crippen LogP contribution < -0.4 is 5.73 Å². The van der Waals surface area contributed by atoms with Gasteiger partial charge in [0, 0.05) is 12.6 Å². The van der Waals surface area contributed by atoms with Crippen LogP contribution in [0.2, 0.25) is 0 Å². The normalized spacial score (nSPS) is 9.83. The van der Waals surface area contributed by atoms with Gasteiger partial charge < -0.3 is 10.5 Å². The molecule has 1 rings (SSSR count). The van der Waals surface area contributed by atoms with E-state index >= 15 is 0 Å². The van der Waals surface area contributed by atoms with Gasteiger partial charge in [0.2, 0.25) is 0 Å². The molecular weight excluding hydrogens is 226 g/mol. The molecule has 0 bridgehead atoms. The number of carbonyl (C=O) groups is 1. The zero-order valence-corrected chi connectivity index (χ0v) is 7.80. The highest BCUT2D eigenvalue weighted by Gasteiger charge is 2.08. The van der Waals surface area contributed by atoms with Crippen LogP contribution in [0.5, 0.6) is 0 Å². The largest absolute Gasteiger partial charge is 0.460 e. The molecule has 0 aliphatic carbocycles. The third-order valence-corrected chi connectivity index (χ3v) is 1.52. The smallest absolute Gasteiger partial charge is 0.356 e. The molecule has 0 amide bonds. The Labute approximate surface area is 77.4 Å². The maximum atomic E-state index is 11.0. The average Bonchev–Trinajstić information content (AvgIpc) is 2.47. The Morgan fingerprint density at radius 2 is 2.58 bits per heavy atom. The van der Waals surface area contributed by atoms with Crippen LogP contribution in [0.3, 0.4) is 0 Å². The monoisotopic (exact) mass is 233 g/mol. The van der Waals surface area contributed by atoms with E-state index in [1.807, 2.05) is 0 Å². The summed E-state index contributed by atoms with van der Waals surface area (Å²) in [5, 5.41) is 6.21. The van der Waals surface area contributed by atoms with Crippen molar-refractivity contribution < 1.29 is 9.53 Å². The molecule has 5 nitrogen and oxygen atoms in total. The number of aromatic nitrogens is 2. The molecule has 0 atom stereocenters. The van der Waals surface area contributed by atoms with E-state index < -0.39 is 5.97 Å². The minimum Gasteiger partial charge on any atom is -0.460 e. The van der Waals surface area contributed by atoms with Crippen LogP contribution in [0.1, 0.15) is 10.5 Å². The van der Waals surface area contributed by atoms with E-state index in [9.17, 15) is 4.79 Å². The van der Waals surface area contributed by atoms with Crippen LogP contribution in [0.25, 0.3) is 0 Å². The summed E-state index contributed by atoms with van der Waals surface area (Å²) in [7, 11) is 0. The lowest BCUT2D eigenvalue weighted by molar-refractivity contribution is 0.0510. The first-order chi connectivity index (χ1) is 5.74. The van der Waals surface area contributed by atoms with Crippen LogP contribution >= 0.6 is 15.9 Å². The molecule has 0 saturated heterocycles. The molecule has 1 aromatic rings. The van der Waals surface area contributed by atoms with Crippen LogP contribution in [-0.4, -0.2) is 29.3 Å². The van der Waals surface area contributed by atoms with Crippen LogP contribution in [0.4, 0.5) is 0 Å². The summed E-state index contributed by atoms with van der Waals surface area (Å²) < 4.78 is 5.31. The summed E-state index contributed by atoms with van der Waals surface area (Å²) in [4.78, 5) is 11.0. The third kappa shape index (κ3) is 2.31. The topological polar surface area (TPSA) is 81.0 Å². The summed E-state index contributed by atoms with van der Waals surface area (Å²) in [6.07, 6.45) is 0. The van der Waals surface area contributed by atoms with Crippen LogP contribution in [-0.2, 0) is 4.74 Å². The van der Waals surface area contributed by atoms with E-state index in [1.54, 1.807) is 6.07 Å². The minimum atomic E-state index is -0.446. The van der Waals surface area contributed by atoms with Gasteiger partial charge in [-0.1, -0.05) is 0 Å². The first kappa shape index (κ1) is 9.21. The number of H-pyrrole nitrogens is 1. The SMILES string of the molecule is NCCOC(=O)c1cc(Br)n[nH]1. The first-order valence-corrected chi connectivity index (χ1v) is 4.11. The van der Waals surface area contributed by atoms with Crippen LogP contribution in [0.15, 0.2) is 10.7 Å². The molecule has 3 N–H and O–H groups in total. The molecule has 0 fully saturated rings. The molecule has 12 heavy (non-hydrogen) atoms. The van der Waals surface area contributed by atoms with E-state index in [0.29, 0.717) is 16.8 Å². The predicted octanol–water partition coefficient (Wildman–Crippen LogP) is 0.288. The number of nitrogens with two attached hydrogens (primary N) is 1. The summed E-state index contributed by atoms with van der Waals surface area (Å²) in [6.45, 7) is 0.538. The molecule has 1 aromatic heterocycles. The molecule has 0 aliphatic heterocycles. The molecule has 0 unspecified atom stereocenters. The zero-order valence-electron chi connectivity index (χ0n) is 6.21. The molecule has 0 saturated carbocycles. The first-order valence-electron chi connectivity index (χ1n) is 3.32. The maximum Gasteiger partial charge on any atom is 0.356 e. The second-order valence-corrected chi connectivity index (χ2v) is 2.84. The van der Waals surface area contributed by atoms with Gasteiger partial charge in [-0.2, -0.15) is 5.10 Å². The van der Waals surface area contributed by atoms with Crippen molar-refractivity contribution in [3.05, 3.63) is 16.4 Å². The van der Waals surface area contributed by atoms with Crippen LogP contribution in [0, 0.1) is 0 Å². The summed E-state index contributed by atoms with van der Waals surface area (Å²) in [5.74, 6) is -0.446. The van der Waals surface area contributed by atoms with Crippen molar-refractivity contribution in [2.45, 2.75) is 0 Å². The minimum absolute atomic E-state index is 0.218. The number of esters is 1. The standard InChI is InChI=1S/C6H8BrN3O2/c7-5-3-4(9-10-5)6(11)12-2-1-8/h3H,1-2,8H2,(H,9,10).